The van der Waals surface area contributed by atoms with Crippen molar-refractivity contribution in [1.29, 1.82) is 0 Å². The Bertz CT molecular complexity index is 386. The Morgan fingerprint density at radius 1 is 1.33 bits per heavy atom. The average molecular weight is 275 g/mol. The molecule has 1 unspecified atom stereocenters. The Morgan fingerprint density at radius 3 is 2.83 bits per heavy atom. The molecule has 0 bridgehead atoms. The lowest BCUT2D eigenvalue weighted by molar-refractivity contribution is -0.137. The Kier molecular flexibility index (Phi) is 4.56. The maximum absolute atomic E-state index is 12.5. The second-order valence-electron chi connectivity index (χ2n) is 4.43. The molecule has 0 amide bonds. The van der Waals surface area contributed by atoms with Crippen LogP contribution in [0, 0.1) is 0 Å². The third kappa shape index (κ3) is 3.92. The molecule has 0 aromatic heterocycles. The van der Waals surface area contributed by atoms with Gasteiger partial charge < -0.3 is 5.32 Å². The van der Waals surface area contributed by atoms with Gasteiger partial charge in [0, 0.05) is 11.8 Å². The van der Waals surface area contributed by atoms with E-state index in [9.17, 15) is 13.2 Å². The van der Waals surface area contributed by atoms with Crippen LogP contribution in [0.25, 0.3) is 0 Å². The van der Waals surface area contributed by atoms with Gasteiger partial charge in [-0.15, -0.1) is 0 Å². The molecule has 1 atom stereocenters. The summed E-state index contributed by atoms with van der Waals surface area (Å²) >= 11 is 1.85. The highest BCUT2D eigenvalue weighted by molar-refractivity contribution is 7.99. The number of benzene rings is 1. The molecule has 1 heterocycles. The minimum atomic E-state index is -4.24. The van der Waals surface area contributed by atoms with E-state index in [1.165, 1.54) is 12.1 Å². The first-order valence-corrected chi connectivity index (χ1v) is 7.09. The highest BCUT2D eigenvalue weighted by Crippen LogP contribution is 2.30. The first-order valence-electron chi connectivity index (χ1n) is 6.04. The van der Waals surface area contributed by atoms with E-state index in [2.05, 4.69) is 5.32 Å². The summed E-state index contributed by atoms with van der Waals surface area (Å²) in [5.74, 6) is 0.883. The number of halogens is 3. The van der Waals surface area contributed by atoms with Crippen LogP contribution >= 0.6 is 11.8 Å². The zero-order valence-corrected chi connectivity index (χ0v) is 10.8. The highest BCUT2D eigenvalue weighted by Gasteiger charge is 2.30. The molecule has 5 heteroatoms. The number of thioether (sulfide) groups is 1. The Labute approximate surface area is 109 Å². The summed E-state index contributed by atoms with van der Waals surface area (Å²) in [6.07, 6.45) is -2.38. The van der Waals surface area contributed by atoms with Gasteiger partial charge in [-0.3, -0.25) is 0 Å². The van der Waals surface area contributed by atoms with Crippen LogP contribution in [-0.2, 0) is 12.6 Å². The zero-order chi connectivity index (χ0) is 13.0. The van der Waals surface area contributed by atoms with Crippen LogP contribution in [0.3, 0.4) is 0 Å². The monoisotopic (exact) mass is 275 g/mol. The summed E-state index contributed by atoms with van der Waals surface area (Å²) in [4.78, 5) is 0. The van der Waals surface area contributed by atoms with Crippen LogP contribution in [0.5, 0.6) is 0 Å². The standard InChI is InChI=1S/C13H16F3NS/c14-13(15,16)11-3-1-2-10(8-11)5-7-18-12-4-6-17-9-12/h1-3,8,12,17H,4-7,9H2. The van der Waals surface area contributed by atoms with Crippen molar-refractivity contribution >= 4 is 11.8 Å². The summed E-state index contributed by atoms with van der Waals surface area (Å²) in [6.45, 7) is 2.08. The molecule has 1 aliphatic heterocycles. The van der Waals surface area contributed by atoms with Crippen molar-refractivity contribution in [3.8, 4) is 0 Å². The van der Waals surface area contributed by atoms with Crippen LogP contribution in [0.1, 0.15) is 17.5 Å². The molecule has 0 radical (unpaired) electrons. The third-order valence-electron chi connectivity index (χ3n) is 3.01. The van der Waals surface area contributed by atoms with Crippen LogP contribution in [0.15, 0.2) is 24.3 Å². The fraction of sp³-hybridized carbons (Fsp3) is 0.538. The molecule has 0 saturated carbocycles. The fourth-order valence-electron chi connectivity index (χ4n) is 2.02. The lowest BCUT2D eigenvalue weighted by Crippen LogP contribution is -2.11. The number of hydrogen-bond acceptors (Lipinski definition) is 2. The van der Waals surface area contributed by atoms with Crippen molar-refractivity contribution in [3.05, 3.63) is 35.4 Å². The summed E-state index contributed by atoms with van der Waals surface area (Å²) in [5, 5.41) is 3.90. The molecule has 0 spiro atoms. The Hall–Kier alpha value is -0.680. The number of rotatable bonds is 4. The van der Waals surface area contributed by atoms with Gasteiger partial charge in [0.05, 0.1) is 5.56 Å². The lowest BCUT2D eigenvalue weighted by Gasteiger charge is -2.10. The SMILES string of the molecule is FC(F)(F)c1cccc(CCSC2CCNC2)c1. The molecule has 1 fully saturated rings. The number of nitrogens with one attached hydrogen (secondary N) is 1. The average Bonchev–Trinajstić information content (AvgIpc) is 2.81. The van der Waals surface area contributed by atoms with Crippen LogP contribution in [0.4, 0.5) is 13.2 Å². The van der Waals surface area contributed by atoms with E-state index < -0.39 is 11.7 Å². The molecule has 1 N–H and O–H groups in total. The van der Waals surface area contributed by atoms with Gasteiger partial charge in [0.1, 0.15) is 0 Å². The number of hydrogen-bond donors (Lipinski definition) is 1. The number of aryl methyl sites for hydroxylation is 1. The highest BCUT2D eigenvalue weighted by atomic mass is 32.2. The molecule has 18 heavy (non-hydrogen) atoms. The van der Waals surface area contributed by atoms with E-state index in [0.29, 0.717) is 11.7 Å². The molecule has 1 aliphatic rings. The maximum atomic E-state index is 12.5. The van der Waals surface area contributed by atoms with Crippen molar-refractivity contribution in [3.63, 3.8) is 0 Å². The molecule has 2 rings (SSSR count). The van der Waals surface area contributed by atoms with Gasteiger partial charge in [-0.25, -0.2) is 0 Å². The van der Waals surface area contributed by atoms with E-state index in [0.717, 1.165) is 36.9 Å². The van der Waals surface area contributed by atoms with Gasteiger partial charge in [0.25, 0.3) is 0 Å². The van der Waals surface area contributed by atoms with Crippen molar-refractivity contribution in [1.82, 2.24) is 5.32 Å². The van der Waals surface area contributed by atoms with Crippen molar-refractivity contribution in [2.24, 2.45) is 0 Å². The van der Waals surface area contributed by atoms with Gasteiger partial charge in [0.15, 0.2) is 0 Å². The molecule has 1 nitrogen and oxygen atoms in total. The first-order chi connectivity index (χ1) is 8.55. The van der Waals surface area contributed by atoms with E-state index in [-0.39, 0.29) is 0 Å². The molecular formula is C13H16F3NS. The minimum Gasteiger partial charge on any atom is -0.316 e. The summed E-state index contributed by atoms with van der Waals surface area (Å²) < 4.78 is 37.6. The molecule has 0 aliphatic carbocycles. The number of alkyl halides is 3. The molecular weight excluding hydrogens is 259 g/mol. The van der Waals surface area contributed by atoms with E-state index in [1.54, 1.807) is 6.07 Å². The molecule has 1 saturated heterocycles. The summed E-state index contributed by atoms with van der Waals surface area (Å²) in [5.41, 5.74) is 0.218. The predicted molar refractivity (Wildman–Crippen MR) is 68.9 cm³/mol. The van der Waals surface area contributed by atoms with Crippen LogP contribution < -0.4 is 5.32 Å². The lowest BCUT2D eigenvalue weighted by atomic mass is 10.1. The van der Waals surface area contributed by atoms with Gasteiger partial charge in [-0.05, 0) is 36.8 Å². The summed E-state index contributed by atoms with van der Waals surface area (Å²) in [6, 6.07) is 5.63. The van der Waals surface area contributed by atoms with Crippen molar-refractivity contribution in [2.75, 3.05) is 18.8 Å². The largest absolute Gasteiger partial charge is 0.416 e. The Balaban J connectivity index is 1.85. The molecule has 1 aromatic carbocycles. The van der Waals surface area contributed by atoms with Crippen molar-refractivity contribution < 1.29 is 13.2 Å². The normalized spacial score (nSPS) is 20.3. The maximum Gasteiger partial charge on any atom is 0.416 e. The topological polar surface area (TPSA) is 12.0 Å². The summed E-state index contributed by atoms with van der Waals surface area (Å²) in [7, 11) is 0. The van der Waals surface area contributed by atoms with Gasteiger partial charge in [0.2, 0.25) is 0 Å². The van der Waals surface area contributed by atoms with E-state index in [4.69, 9.17) is 0 Å². The van der Waals surface area contributed by atoms with Crippen molar-refractivity contribution in [2.45, 2.75) is 24.3 Å². The van der Waals surface area contributed by atoms with Crippen LogP contribution in [-0.4, -0.2) is 24.1 Å². The minimum absolute atomic E-state index is 0.549. The quantitative estimate of drug-likeness (QED) is 0.904. The fourth-order valence-corrected chi connectivity index (χ4v) is 3.22. The van der Waals surface area contributed by atoms with Gasteiger partial charge >= 0.3 is 6.18 Å². The second-order valence-corrected chi connectivity index (χ2v) is 5.84. The molecule has 100 valence electrons. The zero-order valence-electron chi connectivity index (χ0n) is 9.96. The first kappa shape index (κ1) is 13.7. The van der Waals surface area contributed by atoms with E-state index in [1.807, 2.05) is 11.8 Å². The van der Waals surface area contributed by atoms with Crippen LogP contribution in [0.2, 0.25) is 0 Å². The smallest absolute Gasteiger partial charge is 0.316 e. The van der Waals surface area contributed by atoms with Gasteiger partial charge in [-0.2, -0.15) is 24.9 Å². The van der Waals surface area contributed by atoms with Gasteiger partial charge in [-0.1, -0.05) is 18.2 Å². The predicted octanol–water partition coefficient (Wildman–Crippen LogP) is 3.34. The molecule has 1 aromatic rings. The third-order valence-corrected chi connectivity index (χ3v) is 4.33. The Morgan fingerprint density at radius 2 is 2.17 bits per heavy atom. The van der Waals surface area contributed by atoms with E-state index >= 15 is 0 Å². The second kappa shape index (κ2) is 5.97.